The van der Waals surface area contributed by atoms with Gasteiger partial charge in [0, 0.05) is 58.4 Å². The maximum absolute atomic E-state index is 13.1. The lowest BCUT2D eigenvalue weighted by molar-refractivity contribution is 0.00690. The molecule has 78 heavy (non-hydrogen) atoms. The zero-order valence-corrected chi connectivity index (χ0v) is 44.7. The molecule has 0 saturated heterocycles. The number of carboxylic acids is 1. The Bertz CT molecular complexity index is 3740. The van der Waals surface area contributed by atoms with E-state index in [0.29, 0.717) is 29.8 Å². The van der Waals surface area contributed by atoms with Crippen molar-refractivity contribution in [3.05, 3.63) is 263 Å². The Hall–Kier alpha value is -9.28. The molecule has 0 radical (unpaired) electrons. The summed E-state index contributed by atoms with van der Waals surface area (Å²) in [6.45, 7) is 11.0. The normalized spacial score (nSPS) is 12.0. The fourth-order valence-corrected chi connectivity index (χ4v) is 9.87. The third-order valence-electron chi connectivity index (χ3n) is 13.8. The number of nitrogens with zero attached hydrogens (tertiary/aromatic N) is 2. The molecule has 8 aromatic carbocycles. The van der Waals surface area contributed by atoms with Crippen molar-refractivity contribution in [3.63, 3.8) is 0 Å². The van der Waals surface area contributed by atoms with Crippen LogP contribution in [0.2, 0.25) is 0 Å². The Balaban J connectivity index is 0.000000191. The van der Waals surface area contributed by atoms with Crippen molar-refractivity contribution in [2.75, 3.05) is 0 Å². The van der Waals surface area contributed by atoms with E-state index >= 15 is 0 Å². The second kappa shape index (κ2) is 24.2. The van der Waals surface area contributed by atoms with Gasteiger partial charge in [-0.1, -0.05) is 147 Å². The predicted octanol–water partition coefficient (Wildman–Crippen LogP) is 15.1. The van der Waals surface area contributed by atoms with Crippen molar-refractivity contribution < 1.29 is 29.0 Å². The average molecular weight is 1030 g/mol. The maximum Gasteiger partial charge on any atom is 0.338 e. The molecule has 2 heterocycles. The van der Waals surface area contributed by atoms with Crippen LogP contribution in [0.5, 0.6) is 0 Å². The summed E-state index contributed by atoms with van der Waals surface area (Å²) in [5.41, 5.74) is 11.9. The summed E-state index contributed by atoms with van der Waals surface area (Å²) in [7, 11) is 0. The van der Waals surface area contributed by atoms with Crippen LogP contribution in [-0.2, 0) is 17.8 Å². The number of ether oxygens (including phenoxy) is 1. The van der Waals surface area contributed by atoms with Gasteiger partial charge in [-0.2, -0.15) is 0 Å². The molecule has 2 unspecified atom stereocenters. The minimum atomic E-state index is -0.940. The van der Waals surface area contributed by atoms with Gasteiger partial charge in [-0.15, -0.1) is 0 Å². The van der Waals surface area contributed by atoms with Gasteiger partial charge in [-0.05, 0) is 151 Å². The molecule has 0 aliphatic rings. The third-order valence-corrected chi connectivity index (χ3v) is 13.8. The summed E-state index contributed by atoms with van der Waals surface area (Å²) in [5.74, 6) is -1.44. The fraction of sp³-hybridized carbons (Fsp3) is 0.176. The number of nitrogens with one attached hydrogen (secondary N) is 2. The number of hydrogen-bond donors (Lipinski definition) is 3. The fourth-order valence-electron chi connectivity index (χ4n) is 9.87. The van der Waals surface area contributed by atoms with Crippen molar-refractivity contribution in [2.24, 2.45) is 0 Å². The zero-order chi connectivity index (χ0) is 54.8. The van der Waals surface area contributed by atoms with Gasteiger partial charge in [0.05, 0.1) is 23.2 Å². The molecular formula is C68H64N4O6. The average Bonchev–Trinajstić information content (AvgIpc) is 4.12. The molecule has 0 bridgehead atoms. The first-order valence-corrected chi connectivity index (χ1v) is 26.5. The highest BCUT2D eigenvalue weighted by atomic mass is 16.6. The van der Waals surface area contributed by atoms with Crippen LogP contribution in [0.3, 0.4) is 0 Å². The summed E-state index contributed by atoms with van der Waals surface area (Å²) in [6.07, 6.45) is 5.70. The summed E-state index contributed by atoms with van der Waals surface area (Å²) >= 11 is 0. The van der Waals surface area contributed by atoms with E-state index in [1.165, 1.54) is 0 Å². The summed E-state index contributed by atoms with van der Waals surface area (Å²) in [4.78, 5) is 50.3. The molecule has 0 aliphatic carbocycles. The van der Waals surface area contributed by atoms with Gasteiger partial charge in [-0.25, -0.2) is 9.59 Å². The van der Waals surface area contributed by atoms with E-state index in [1.807, 2.05) is 191 Å². The molecule has 0 aliphatic heterocycles. The van der Waals surface area contributed by atoms with Crippen LogP contribution in [0.25, 0.3) is 44.1 Å². The molecule has 3 N–H and O–H groups in total. The molecule has 10 aromatic rings. The van der Waals surface area contributed by atoms with Crippen LogP contribution >= 0.6 is 0 Å². The quantitative estimate of drug-likeness (QED) is 0.0826. The number of fused-ring (bicyclic) bond motifs is 2. The number of carbonyl (C=O) groups is 4. The highest BCUT2D eigenvalue weighted by molar-refractivity contribution is 5.99. The smallest absolute Gasteiger partial charge is 0.338 e. The van der Waals surface area contributed by atoms with E-state index in [4.69, 9.17) is 4.74 Å². The van der Waals surface area contributed by atoms with E-state index in [-0.39, 0.29) is 35.4 Å². The van der Waals surface area contributed by atoms with Crippen LogP contribution < -0.4 is 10.6 Å². The van der Waals surface area contributed by atoms with Crippen LogP contribution in [0, 0.1) is 0 Å². The molecule has 10 nitrogen and oxygen atoms in total. The van der Waals surface area contributed by atoms with E-state index in [0.717, 1.165) is 79.2 Å². The van der Waals surface area contributed by atoms with Crippen molar-refractivity contribution in [1.82, 2.24) is 19.8 Å². The Morgan fingerprint density at radius 2 is 0.897 bits per heavy atom. The number of esters is 1. The second-order valence-electron chi connectivity index (χ2n) is 20.4. The van der Waals surface area contributed by atoms with Gasteiger partial charge >= 0.3 is 11.9 Å². The van der Waals surface area contributed by atoms with Gasteiger partial charge in [0.2, 0.25) is 0 Å². The van der Waals surface area contributed by atoms with Gasteiger partial charge in [0.1, 0.15) is 5.60 Å². The van der Waals surface area contributed by atoms with Gasteiger partial charge in [-0.3, -0.25) is 9.59 Å². The number of aromatic carboxylic acids is 1. The lowest BCUT2D eigenvalue weighted by Gasteiger charge is -2.20. The summed E-state index contributed by atoms with van der Waals surface area (Å²) in [5, 5.41) is 17.7. The molecule has 0 saturated carbocycles. The van der Waals surface area contributed by atoms with Crippen LogP contribution in [-0.4, -0.2) is 43.6 Å². The van der Waals surface area contributed by atoms with Gasteiger partial charge < -0.3 is 29.6 Å². The summed E-state index contributed by atoms with van der Waals surface area (Å²) < 4.78 is 9.92. The van der Waals surface area contributed by atoms with Crippen molar-refractivity contribution in [1.29, 1.82) is 0 Å². The Morgan fingerprint density at radius 3 is 1.33 bits per heavy atom. The number of amides is 2. The monoisotopic (exact) mass is 1030 g/mol. The number of carbonyl (C=O) groups excluding carboxylic acids is 3. The van der Waals surface area contributed by atoms with Gasteiger partial charge in [0.25, 0.3) is 11.8 Å². The van der Waals surface area contributed by atoms with Crippen LogP contribution in [0.15, 0.2) is 219 Å². The summed E-state index contributed by atoms with van der Waals surface area (Å²) in [6, 6.07) is 66.6. The van der Waals surface area contributed by atoms with E-state index in [2.05, 4.69) is 58.0 Å². The number of carboxylic acid groups (broad SMARTS) is 1. The number of benzene rings is 8. The molecule has 10 rings (SSSR count). The highest BCUT2D eigenvalue weighted by Crippen LogP contribution is 2.30. The number of rotatable bonds is 16. The first-order valence-electron chi connectivity index (χ1n) is 26.5. The van der Waals surface area contributed by atoms with Crippen molar-refractivity contribution in [2.45, 2.75) is 78.2 Å². The number of aromatic nitrogens is 2. The first kappa shape index (κ1) is 53.5. The molecule has 0 fully saturated rings. The number of hydrogen-bond acceptors (Lipinski definition) is 5. The SMILES string of the molecule is CCC(NC(=O)c1ccc2c(ccn2Cc2ccccc2-c2cccc(C(=O)O)c2)c1)c1ccccc1.CCC(NC(=O)c1ccc2c(ccn2Cc2ccccc2-c2cccc(C(=O)OC(C)(C)C)c2)c1)c1ccccc1. The Labute approximate surface area is 456 Å². The molecule has 2 aromatic heterocycles. The third kappa shape index (κ3) is 12.9. The molecule has 0 spiro atoms. The highest BCUT2D eigenvalue weighted by Gasteiger charge is 2.20. The van der Waals surface area contributed by atoms with Crippen molar-refractivity contribution in [3.8, 4) is 22.3 Å². The van der Waals surface area contributed by atoms with Crippen LogP contribution in [0.4, 0.5) is 0 Å². The van der Waals surface area contributed by atoms with E-state index < -0.39 is 11.6 Å². The van der Waals surface area contributed by atoms with Gasteiger partial charge in [0.15, 0.2) is 0 Å². The molecule has 10 heteroatoms. The Kier molecular flexibility index (Phi) is 16.6. The zero-order valence-electron chi connectivity index (χ0n) is 44.7. The first-order chi connectivity index (χ1) is 37.7. The molecule has 392 valence electrons. The molecule has 2 amide bonds. The largest absolute Gasteiger partial charge is 0.478 e. The topological polar surface area (TPSA) is 132 Å². The van der Waals surface area contributed by atoms with Crippen molar-refractivity contribution >= 4 is 45.6 Å². The maximum atomic E-state index is 13.1. The lowest BCUT2D eigenvalue weighted by atomic mass is 9.98. The van der Waals surface area contributed by atoms with E-state index in [1.54, 1.807) is 24.3 Å². The minimum Gasteiger partial charge on any atom is -0.478 e. The Morgan fingerprint density at radius 1 is 0.474 bits per heavy atom. The lowest BCUT2D eigenvalue weighted by Crippen LogP contribution is -2.28. The van der Waals surface area contributed by atoms with E-state index in [9.17, 15) is 24.3 Å². The standard InChI is InChI=1S/C36H36N2O3.C32H28N2O3/c1-5-32(25-12-7-6-8-13-25)37-34(39)28-18-19-33-27(23-28)20-21-38(33)24-30-14-9-10-17-31(30)26-15-11-16-29(22-26)35(40)41-36(2,3)4;1-2-29(22-9-4-3-5-10-22)33-31(35)25-15-16-30-24(20-25)17-18-34(30)21-27-11-6-7-14-28(27)23-12-8-13-26(19-23)32(36)37/h6-23,32H,5,24H2,1-4H3,(H,37,39);3-20,29H,2,21H2,1H3,(H,33,35)(H,36,37). The second-order valence-corrected chi connectivity index (χ2v) is 20.4. The predicted molar refractivity (Wildman–Crippen MR) is 312 cm³/mol. The molecular weight excluding hydrogens is 969 g/mol. The molecule has 2 atom stereocenters. The minimum absolute atomic E-state index is 0.0330. The van der Waals surface area contributed by atoms with Crippen LogP contribution in [0.1, 0.15) is 123 Å².